The molecule has 0 aromatic heterocycles. The number of anilines is 1. The van der Waals surface area contributed by atoms with E-state index in [0.717, 1.165) is 56.9 Å². The lowest BCUT2D eigenvalue weighted by atomic mass is 9.95. The van der Waals surface area contributed by atoms with Gasteiger partial charge in [-0.05, 0) is 43.5 Å². The fourth-order valence-corrected chi connectivity index (χ4v) is 4.53. The number of ether oxygens (including phenoxy) is 1. The summed E-state index contributed by atoms with van der Waals surface area (Å²) in [4.78, 5) is 29.5. The lowest BCUT2D eigenvalue weighted by molar-refractivity contribution is -0.135. The standard InChI is InChI=1S/C22H31N3O3/c1-28-18-9-7-17(8-10-18)24-11-13-25(14-12-24)22(27)20-15-19(20)21(26)23-16-5-3-2-4-6-16/h7-10,16,19-20H,2-6,11-15H2,1H3,(H,23,26). The van der Waals surface area contributed by atoms with Crippen LogP contribution in [0.25, 0.3) is 0 Å². The van der Waals surface area contributed by atoms with Crippen molar-refractivity contribution in [1.82, 2.24) is 10.2 Å². The largest absolute Gasteiger partial charge is 0.497 e. The number of hydrogen-bond acceptors (Lipinski definition) is 4. The van der Waals surface area contributed by atoms with Gasteiger partial charge in [0.15, 0.2) is 0 Å². The van der Waals surface area contributed by atoms with Crippen molar-refractivity contribution >= 4 is 17.5 Å². The molecule has 1 saturated heterocycles. The summed E-state index contributed by atoms with van der Waals surface area (Å²) in [6, 6.07) is 8.37. The Kier molecular flexibility index (Phi) is 5.74. The average molecular weight is 386 g/mol. The first-order valence-corrected chi connectivity index (χ1v) is 10.6. The topological polar surface area (TPSA) is 61.9 Å². The van der Waals surface area contributed by atoms with E-state index in [0.29, 0.717) is 6.04 Å². The zero-order valence-corrected chi connectivity index (χ0v) is 16.7. The van der Waals surface area contributed by atoms with E-state index in [9.17, 15) is 9.59 Å². The molecule has 2 unspecified atom stereocenters. The molecule has 3 fully saturated rings. The lowest BCUT2D eigenvalue weighted by Gasteiger charge is -2.36. The van der Waals surface area contributed by atoms with Gasteiger partial charge in [0.2, 0.25) is 11.8 Å². The summed E-state index contributed by atoms with van der Waals surface area (Å²) >= 11 is 0. The first-order valence-electron chi connectivity index (χ1n) is 10.6. The quantitative estimate of drug-likeness (QED) is 0.846. The number of carbonyl (C=O) groups excluding carboxylic acids is 2. The minimum absolute atomic E-state index is 0.0992. The minimum Gasteiger partial charge on any atom is -0.497 e. The number of methoxy groups -OCH3 is 1. The SMILES string of the molecule is COc1ccc(N2CCN(C(=O)C3CC3C(=O)NC3CCCCC3)CC2)cc1. The summed E-state index contributed by atoms with van der Waals surface area (Å²) in [5, 5.41) is 3.18. The van der Waals surface area contributed by atoms with Gasteiger partial charge in [-0.1, -0.05) is 19.3 Å². The van der Waals surface area contributed by atoms with Crippen molar-refractivity contribution in [1.29, 1.82) is 0 Å². The predicted molar refractivity (Wildman–Crippen MR) is 108 cm³/mol. The van der Waals surface area contributed by atoms with E-state index in [1.165, 1.54) is 19.3 Å². The second-order valence-electron chi connectivity index (χ2n) is 8.30. The molecule has 4 rings (SSSR count). The third kappa shape index (κ3) is 4.26. The van der Waals surface area contributed by atoms with Gasteiger partial charge in [0.05, 0.1) is 18.9 Å². The first kappa shape index (κ1) is 19.1. The Morgan fingerprint density at radius 2 is 1.64 bits per heavy atom. The summed E-state index contributed by atoms with van der Waals surface area (Å²) in [6.45, 7) is 3.09. The van der Waals surface area contributed by atoms with Gasteiger partial charge >= 0.3 is 0 Å². The summed E-state index contributed by atoms with van der Waals surface area (Å²) in [5.41, 5.74) is 1.16. The molecule has 1 aromatic carbocycles. The molecule has 0 spiro atoms. The maximum atomic E-state index is 12.8. The number of piperazine rings is 1. The summed E-state index contributed by atoms with van der Waals surface area (Å²) < 4.78 is 5.21. The highest BCUT2D eigenvalue weighted by Gasteiger charge is 2.50. The monoisotopic (exact) mass is 385 g/mol. The van der Waals surface area contributed by atoms with Gasteiger partial charge in [0, 0.05) is 37.9 Å². The first-order chi connectivity index (χ1) is 13.7. The van der Waals surface area contributed by atoms with Crippen LogP contribution in [0.3, 0.4) is 0 Å². The molecular weight excluding hydrogens is 354 g/mol. The van der Waals surface area contributed by atoms with Crippen molar-refractivity contribution in [3.8, 4) is 5.75 Å². The second kappa shape index (κ2) is 8.41. The number of nitrogens with one attached hydrogen (secondary N) is 1. The molecule has 6 heteroatoms. The zero-order valence-electron chi connectivity index (χ0n) is 16.7. The molecule has 1 heterocycles. The van der Waals surface area contributed by atoms with Crippen LogP contribution in [0.15, 0.2) is 24.3 Å². The number of hydrogen-bond donors (Lipinski definition) is 1. The highest BCUT2D eigenvalue weighted by molar-refractivity contribution is 5.92. The van der Waals surface area contributed by atoms with Crippen LogP contribution < -0.4 is 15.0 Å². The van der Waals surface area contributed by atoms with Gasteiger partial charge in [-0.3, -0.25) is 9.59 Å². The smallest absolute Gasteiger partial charge is 0.226 e. The number of nitrogens with zero attached hydrogens (tertiary/aromatic N) is 2. The fraction of sp³-hybridized carbons (Fsp3) is 0.636. The van der Waals surface area contributed by atoms with E-state index in [1.54, 1.807) is 7.11 Å². The molecular formula is C22H31N3O3. The van der Waals surface area contributed by atoms with Crippen molar-refractivity contribution in [3.05, 3.63) is 24.3 Å². The number of carbonyl (C=O) groups is 2. The average Bonchev–Trinajstić information content (AvgIpc) is 3.55. The van der Waals surface area contributed by atoms with E-state index in [4.69, 9.17) is 4.74 Å². The van der Waals surface area contributed by atoms with Crippen molar-refractivity contribution in [2.45, 2.75) is 44.6 Å². The minimum atomic E-state index is -0.103. The maximum absolute atomic E-state index is 12.8. The molecule has 2 saturated carbocycles. The molecule has 3 aliphatic rings. The van der Waals surface area contributed by atoms with Crippen molar-refractivity contribution in [3.63, 3.8) is 0 Å². The normalized spacial score (nSPS) is 25.3. The van der Waals surface area contributed by atoms with Crippen LogP contribution in [0, 0.1) is 11.8 Å². The third-order valence-corrected chi connectivity index (χ3v) is 6.42. The Labute approximate surface area is 167 Å². The van der Waals surface area contributed by atoms with Crippen LogP contribution in [0.1, 0.15) is 38.5 Å². The molecule has 1 aliphatic heterocycles. The van der Waals surface area contributed by atoms with Crippen LogP contribution in [-0.4, -0.2) is 56.0 Å². The second-order valence-corrected chi connectivity index (χ2v) is 8.30. The Hall–Kier alpha value is -2.24. The van der Waals surface area contributed by atoms with Gasteiger partial charge in [-0.25, -0.2) is 0 Å². The summed E-state index contributed by atoms with van der Waals surface area (Å²) in [6.07, 6.45) is 6.58. The number of amides is 2. The van der Waals surface area contributed by atoms with Crippen molar-refractivity contribution < 1.29 is 14.3 Å². The van der Waals surface area contributed by atoms with Crippen LogP contribution in [0.5, 0.6) is 5.75 Å². The van der Waals surface area contributed by atoms with Crippen LogP contribution >= 0.6 is 0 Å². The summed E-state index contributed by atoms with van der Waals surface area (Å²) in [5.74, 6) is 0.911. The van der Waals surface area contributed by atoms with Gasteiger partial charge in [-0.2, -0.15) is 0 Å². The van der Waals surface area contributed by atoms with Crippen LogP contribution in [0.2, 0.25) is 0 Å². The predicted octanol–water partition coefficient (Wildman–Crippen LogP) is 2.43. The van der Waals surface area contributed by atoms with Crippen molar-refractivity contribution in [2.75, 3.05) is 38.2 Å². The zero-order chi connectivity index (χ0) is 19.5. The summed E-state index contributed by atoms with van der Waals surface area (Å²) in [7, 11) is 1.67. The van der Waals surface area contributed by atoms with Gasteiger partial charge in [0.25, 0.3) is 0 Å². The highest BCUT2D eigenvalue weighted by Crippen LogP contribution is 2.40. The number of rotatable bonds is 5. The highest BCUT2D eigenvalue weighted by atomic mass is 16.5. The molecule has 2 atom stereocenters. The van der Waals surface area contributed by atoms with E-state index < -0.39 is 0 Å². The van der Waals surface area contributed by atoms with E-state index in [-0.39, 0.29) is 23.7 Å². The third-order valence-electron chi connectivity index (χ3n) is 6.42. The van der Waals surface area contributed by atoms with E-state index in [2.05, 4.69) is 22.3 Å². The molecule has 0 bridgehead atoms. The maximum Gasteiger partial charge on any atom is 0.226 e. The fourth-order valence-electron chi connectivity index (χ4n) is 4.53. The van der Waals surface area contributed by atoms with Crippen LogP contribution in [0.4, 0.5) is 5.69 Å². The van der Waals surface area contributed by atoms with Gasteiger partial charge in [0.1, 0.15) is 5.75 Å². The Morgan fingerprint density at radius 1 is 0.964 bits per heavy atom. The molecule has 152 valence electrons. The Morgan fingerprint density at radius 3 is 2.29 bits per heavy atom. The van der Waals surface area contributed by atoms with Crippen LogP contribution in [-0.2, 0) is 9.59 Å². The molecule has 6 nitrogen and oxygen atoms in total. The molecule has 2 aliphatic carbocycles. The van der Waals surface area contributed by atoms with Gasteiger partial charge < -0.3 is 19.9 Å². The Bertz CT molecular complexity index is 691. The lowest BCUT2D eigenvalue weighted by Crippen LogP contribution is -2.49. The number of benzene rings is 1. The molecule has 0 radical (unpaired) electrons. The van der Waals surface area contributed by atoms with Crippen molar-refractivity contribution in [2.24, 2.45) is 11.8 Å². The molecule has 1 aromatic rings. The molecule has 1 N–H and O–H groups in total. The van der Waals surface area contributed by atoms with E-state index >= 15 is 0 Å². The van der Waals surface area contributed by atoms with E-state index in [1.807, 2.05) is 17.0 Å². The van der Waals surface area contributed by atoms with Gasteiger partial charge in [-0.15, -0.1) is 0 Å². The molecule has 28 heavy (non-hydrogen) atoms. The molecule has 2 amide bonds. The Balaban J connectivity index is 1.23.